The average Bonchev–Trinajstić information content (AvgIpc) is 3.22. The van der Waals surface area contributed by atoms with Gasteiger partial charge in [0.05, 0.1) is 0 Å². The van der Waals surface area contributed by atoms with Gasteiger partial charge in [-0.25, -0.2) is 9.97 Å². The molecule has 1 aromatic heterocycles. The fraction of sp³-hybridized carbons (Fsp3) is 0.528. The number of aryl methyl sites for hydroxylation is 1. The van der Waals surface area contributed by atoms with Crippen LogP contribution >= 0.6 is 0 Å². The molecule has 3 nitrogen and oxygen atoms in total. The van der Waals surface area contributed by atoms with Crippen molar-refractivity contribution in [1.29, 1.82) is 0 Å². The highest BCUT2D eigenvalue weighted by atomic mass is 16.1. The van der Waals surface area contributed by atoms with Crippen LogP contribution in [-0.2, 0) is 12.8 Å². The number of fused-ring (bicyclic) bond motifs is 1. The summed E-state index contributed by atoms with van der Waals surface area (Å²) in [7, 11) is 0. The van der Waals surface area contributed by atoms with Gasteiger partial charge < -0.3 is 0 Å². The molecule has 0 saturated heterocycles. The number of rotatable bonds is 16. The van der Waals surface area contributed by atoms with Crippen molar-refractivity contribution in [3.63, 3.8) is 0 Å². The molecule has 3 heteroatoms. The van der Waals surface area contributed by atoms with Crippen LogP contribution in [0.25, 0.3) is 22.5 Å². The van der Waals surface area contributed by atoms with Gasteiger partial charge in [0.1, 0.15) is 0 Å². The maximum Gasteiger partial charge on any atom is 0.169 e. The number of nitrogens with zero attached hydrogens (tertiary/aromatic N) is 2. The van der Waals surface area contributed by atoms with E-state index >= 15 is 0 Å². The lowest BCUT2D eigenvalue weighted by atomic mass is 9.81. The summed E-state index contributed by atoms with van der Waals surface area (Å²) < 4.78 is 0. The van der Waals surface area contributed by atoms with Gasteiger partial charge >= 0.3 is 0 Å². The molecule has 0 saturated carbocycles. The first kappa shape index (κ1) is 29.2. The molecule has 2 aromatic carbocycles. The molecule has 0 spiro atoms. The Morgan fingerprint density at radius 1 is 0.692 bits per heavy atom. The van der Waals surface area contributed by atoms with Crippen LogP contribution in [-0.4, -0.2) is 15.8 Å². The molecule has 3 aromatic rings. The predicted molar refractivity (Wildman–Crippen MR) is 164 cm³/mol. The average molecular weight is 525 g/mol. The molecule has 1 aliphatic carbocycles. The second kappa shape index (κ2) is 14.5. The van der Waals surface area contributed by atoms with Crippen molar-refractivity contribution < 1.29 is 4.79 Å². The minimum absolute atomic E-state index is 0.266. The highest BCUT2D eigenvalue weighted by Gasteiger charge is 2.41. The Hall–Kier alpha value is -2.81. The second-order valence-corrected chi connectivity index (χ2v) is 12.0. The van der Waals surface area contributed by atoms with Crippen molar-refractivity contribution >= 4 is 5.78 Å². The van der Waals surface area contributed by atoms with Gasteiger partial charge in [0.25, 0.3) is 0 Å². The fourth-order valence-corrected chi connectivity index (χ4v) is 6.00. The predicted octanol–water partition coefficient (Wildman–Crippen LogP) is 10.2. The number of benzene rings is 2. The number of aromatic nitrogens is 2. The molecule has 0 radical (unpaired) electrons. The van der Waals surface area contributed by atoms with Crippen LogP contribution in [0.5, 0.6) is 0 Å². The van der Waals surface area contributed by atoms with Crippen molar-refractivity contribution in [2.24, 2.45) is 5.41 Å². The Morgan fingerprint density at radius 2 is 1.28 bits per heavy atom. The molecule has 208 valence electrons. The first-order valence-electron chi connectivity index (χ1n) is 15.6. The van der Waals surface area contributed by atoms with E-state index in [9.17, 15) is 4.79 Å². The van der Waals surface area contributed by atoms with Gasteiger partial charge in [0.15, 0.2) is 11.6 Å². The van der Waals surface area contributed by atoms with Crippen molar-refractivity contribution in [1.82, 2.24) is 9.97 Å². The second-order valence-electron chi connectivity index (χ2n) is 12.0. The van der Waals surface area contributed by atoms with E-state index in [1.807, 2.05) is 18.5 Å². The maximum absolute atomic E-state index is 13.4. The fourth-order valence-electron chi connectivity index (χ4n) is 6.00. The quantitative estimate of drug-likeness (QED) is 0.175. The lowest BCUT2D eigenvalue weighted by Crippen LogP contribution is -2.23. The highest BCUT2D eigenvalue weighted by molar-refractivity contribution is 6.05. The van der Waals surface area contributed by atoms with Crippen LogP contribution in [0.1, 0.15) is 126 Å². The maximum atomic E-state index is 13.4. The molecular formula is C36H48N2O. The number of hydrogen-bond donors (Lipinski definition) is 0. The van der Waals surface area contributed by atoms with Crippen LogP contribution in [0, 0.1) is 5.41 Å². The molecule has 39 heavy (non-hydrogen) atoms. The monoisotopic (exact) mass is 524 g/mol. The van der Waals surface area contributed by atoms with Gasteiger partial charge in [-0.2, -0.15) is 0 Å². The summed E-state index contributed by atoms with van der Waals surface area (Å²) in [5.41, 5.74) is 6.27. The van der Waals surface area contributed by atoms with Crippen LogP contribution in [0.15, 0.2) is 54.9 Å². The number of carbonyl (C=O) groups excluding carboxylic acids is 1. The summed E-state index contributed by atoms with van der Waals surface area (Å²) in [6.45, 7) is 6.67. The molecule has 0 fully saturated rings. The number of ketones is 1. The highest BCUT2D eigenvalue weighted by Crippen LogP contribution is 2.41. The van der Waals surface area contributed by atoms with E-state index in [0.29, 0.717) is 11.6 Å². The minimum Gasteiger partial charge on any atom is -0.294 e. The summed E-state index contributed by atoms with van der Waals surface area (Å²) in [4.78, 5) is 22.8. The van der Waals surface area contributed by atoms with Crippen LogP contribution in [0.3, 0.4) is 0 Å². The third-order valence-electron chi connectivity index (χ3n) is 8.58. The van der Waals surface area contributed by atoms with Crippen LogP contribution in [0.2, 0.25) is 0 Å². The van der Waals surface area contributed by atoms with Gasteiger partial charge in [-0.3, -0.25) is 4.79 Å². The van der Waals surface area contributed by atoms with Gasteiger partial charge in [-0.05, 0) is 48.4 Å². The van der Waals surface area contributed by atoms with E-state index in [-0.39, 0.29) is 5.41 Å². The summed E-state index contributed by atoms with van der Waals surface area (Å²) in [6.07, 6.45) is 22.3. The third-order valence-corrected chi connectivity index (χ3v) is 8.58. The molecule has 0 N–H and O–H groups in total. The first-order valence-corrected chi connectivity index (χ1v) is 15.6. The Labute approximate surface area is 236 Å². The van der Waals surface area contributed by atoms with E-state index < -0.39 is 0 Å². The summed E-state index contributed by atoms with van der Waals surface area (Å²) in [5.74, 6) is 0.976. The van der Waals surface area contributed by atoms with Crippen molar-refractivity contribution in [2.45, 2.75) is 117 Å². The molecule has 1 heterocycles. The Balaban J connectivity index is 1.33. The SMILES string of the molecule is CCCCCCCCc1ccc(-c2cnc(-c3ccc4c(c3)C(=O)C(C)(CCCCCCCC)C4)nc2)cc1. The number of carbonyl (C=O) groups is 1. The zero-order valence-corrected chi connectivity index (χ0v) is 24.6. The standard InChI is InChI=1S/C36H48N2O/c1-4-6-8-10-12-14-16-28-17-19-29(20-18-28)32-26-37-35(38-27-32)30-21-22-31-25-36(3,34(39)33(31)24-30)23-15-13-11-9-7-5-2/h17-22,24,26-27H,4-16,23,25H2,1-3H3. The number of unbranched alkanes of at least 4 members (excludes halogenated alkanes) is 10. The summed E-state index contributed by atoms with van der Waals surface area (Å²) in [6, 6.07) is 15.1. The minimum atomic E-state index is -0.266. The molecule has 1 unspecified atom stereocenters. The summed E-state index contributed by atoms with van der Waals surface area (Å²) in [5, 5.41) is 0. The van der Waals surface area contributed by atoms with Gasteiger partial charge in [-0.15, -0.1) is 0 Å². The largest absolute Gasteiger partial charge is 0.294 e. The van der Waals surface area contributed by atoms with Crippen LogP contribution < -0.4 is 0 Å². The smallest absolute Gasteiger partial charge is 0.169 e. The van der Waals surface area contributed by atoms with Crippen LogP contribution in [0.4, 0.5) is 0 Å². The van der Waals surface area contributed by atoms with Gasteiger partial charge in [0.2, 0.25) is 0 Å². The Kier molecular flexibility index (Phi) is 10.9. The normalized spacial score (nSPS) is 16.5. The molecule has 0 amide bonds. The van der Waals surface area contributed by atoms with E-state index in [1.54, 1.807) is 0 Å². The number of Topliss-reactive ketones (excluding diaryl/α,β-unsaturated/α-hetero) is 1. The van der Waals surface area contributed by atoms with Gasteiger partial charge in [0, 0.05) is 34.5 Å². The lowest BCUT2D eigenvalue weighted by molar-refractivity contribution is 0.0826. The molecular weight excluding hydrogens is 476 g/mol. The molecule has 0 aliphatic heterocycles. The van der Waals surface area contributed by atoms with Crippen molar-refractivity contribution in [3.05, 3.63) is 71.5 Å². The lowest BCUT2D eigenvalue weighted by Gasteiger charge is -2.21. The zero-order valence-electron chi connectivity index (χ0n) is 24.6. The Bertz CT molecular complexity index is 1180. The van der Waals surface area contributed by atoms with E-state index in [2.05, 4.69) is 67.1 Å². The zero-order chi connectivity index (χ0) is 27.5. The van der Waals surface area contributed by atoms with Gasteiger partial charge in [-0.1, -0.05) is 128 Å². The third kappa shape index (κ3) is 7.87. The van der Waals surface area contributed by atoms with Crippen molar-refractivity contribution in [2.75, 3.05) is 0 Å². The van der Waals surface area contributed by atoms with E-state index in [4.69, 9.17) is 0 Å². The topological polar surface area (TPSA) is 42.9 Å². The first-order chi connectivity index (χ1) is 19.0. The molecule has 1 aliphatic rings. The van der Waals surface area contributed by atoms with Crippen molar-refractivity contribution in [3.8, 4) is 22.5 Å². The molecule has 1 atom stereocenters. The number of hydrogen-bond acceptors (Lipinski definition) is 3. The van der Waals surface area contributed by atoms with E-state index in [0.717, 1.165) is 47.9 Å². The molecule has 0 bridgehead atoms. The summed E-state index contributed by atoms with van der Waals surface area (Å²) >= 11 is 0. The molecule has 4 rings (SSSR count). The Morgan fingerprint density at radius 3 is 1.95 bits per heavy atom. The van der Waals surface area contributed by atoms with E-state index in [1.165, 1.54) is 81.8 Å².